The number of alkyl halides is 3. The minimum atomic E-state index is -4.67. The van der Waals surface area contributed by atoms with Gasteiger partial charge in [0.2, 0.25) is 21.8 Å². The van der Waals surface area contributed by atoms with Gasteiger partial charge in [0.15, 0.2) is 0 Å². The van der Waals surface area contributed by atoms with E-state index in [-0.39, 0.29) is 22.9 Å². The minimum Gasteiger partial charge on any atom is -0.349 e. The van der Waals surface area contributed by atoms with Crippen LogP contribution in [-0.4, -0.2) is 50.6 Å². The van der Waals surface area contributed by atoms with Crippen molar-refractivity contribution in [2.24, 2.45) is 0 Å². The molecule has 1 saturated heterocycles. The Balaban J connectivity index is 1.35. The van der Waals surface area contributed by atoms with Crippen LogP contribution in [0.3, 0.4) is 0 Å². The number of nitrogens with zero attached hydrogens (tertiary/aromatic N) is 5. The van der Waals surface area contributed by atoms with Crippen LogP contribution < -0.4 is 5.32 Å². The van der Waals surface area contributed by atoms with Crippen LogP contribution in [0.1, 0.15) is 55.9 Å². The number of halogens is 4. The molecule has 39 heavy (non-hydrogen) atoms. The summed E-state index contributed by atoms with van der Waals surface area (Å²) in [4.78, 5) is 28.8. The molecule has 1 saturated carbocycles. The average molecular weight is 565 g/mol. The Morgan fingerprint density at radius 3 is 2.33 bits per heavy atom. The van der Waals surface area contributed by atoms with Gasteiger partial charge in [-0.1, -0.05) is 0 Å². The fourth-order valence-electron chi connectivity index (χ4n) is 4.52. The third-order valence-corrected chi connectivity index (χ3v) is 8.71. The van der Waals surface area contributed by atoms with Crippen LogP contribution in [0, 0.1) is 5.82 Å². The second-order valence-corrected chi connectivity index (χ2v) is 11.5. The second kappa shape index (κ2) is 10.2. The van der Waals surface area contributed by atoms with Crippen LogP contribution >= 0.6 is 0 Å². The third kappa shape index (κ3) is 5.76. The first kappa shape index (κ1) is 27.1. The van der Waals surface area contributed by atoms with Gasteiger partial charge in [0, 0.05) is 29.9 Å². The predicted molar refractivity (Wildman–Crippen MR) is 130 cm³/mol. The largest absolute Gasteiger partial charge is 0.451 e. The van der Waals surface area contributed by atoms with Crippen molar-refractivity contribution in [3.63, 3.8) is 0 Å². The molecule has 3 heterocycles. The normalized spacial score (nSPS) is 20.2. The molecule has 0 spiro atoms. The summed E-state index contributed by atoms with van der Waals surface area (Å²) in [7, 11) is -4.06. The quantitative estimate of drug-likeness (QED) is 0.434. The Labute approximate surface area is 221 Å². The number of carbonyl (C=O) groups excluding carboxylic acids is 1. The molecule has 2 unspecified atom stereocenters. The lowest BCUT2D eigenvalue weighted by Gasteiger charge is -2.27. The lowest BCUT2D eigenvalue weighted by Crippen LogP contribution is -2.48. The summed E-state index contributed by atoms with van der Waals surface area (Å²) in [6.07, 6.45) is -0.0857. The zero-order valence-corrected chi connectivity index (χ0v) is 21.5. The van der Waals surface area contributed by atoms with Crippen LogP contribution in [0.25, 0.3) is 11.3 Å². The maximum absolute atomic E-state index is 13.3. The van der Waals surface area contributed by atoms with Crippen molar-refractivity contribution < 1.29 is 30.8 Å². The number of benzene rings is 1. The molecular weight excluding hydrogens is 540 g/mol. The molecule has 1 aliphatic heterocycles. The van der Waals surface area contributed by atoms with Gasteiger partial charge in [-0.2, -0.15) is 17.5 Å². The number of hydrogen-bond donors (Lipinski definition) is 1. The number of carbonyl (C=O) groups is 1. The van der Waals surface area contributed by atoms with Crippen molar-refractivity contribution in [3.05, 3.63) is 65.9 Å². The third-order valence-electron chi connectivity index (χ3n) is 6.68. The van der Waals surface area contributed by atoms with E-state index < -0.39 is 45.8 Å². The zero-order chi connectivity index (χ0) is 27.9. The standard InChI is InChI=1S/C25H24F4N6O3S/c1-14-2-9-21(35(14)39(37,38)19-7-5-17(26)6-8-19)23(36)30-13-18-10-20(34-22(33-18)15-3-4-15)16-11-31-24(32-12-16)25(27,28)29/h5-8,10-12,14-15,21H,2-4,9,13H2,1H3,(H,30,36). The van der Waals surface area contributed by atoms with Gasteiger partial charge in [-0.25, -0.2) is 32.7 Å². The van der Waals surface area contributed by atoms with Crippen LogP contribution in [0.4, 0.5) is 17.6 Å². The summed E-state index contributed by atoms with van der Waals surface area (Å²) in [5.41, 5.74) is 0.995. The topological polar surface area (TPSA) is 118 Å². The van der Waals surface area contributed by atoms with Gasteiger partial charge in [0.1, 0.15) is 17.7 Å². The smallest absolute Gasteiger partial charge is 0.349 e. The molecule has 0 bridgehead atoms. The summed E-state index contributed by atoms with van der Waals surface area (Å²) >= 11 is 0. The molecule has 2 atom stereocenters. The molecule has 1 aliphatic carbocycles. The summed E-state index contributed by atoms with van der Waals surface area (Å²) in [5.74, 6) is -1.74. The average Bonchev–Trinajstić information content (AvgIpc) is 3.68. The molecule has 206 valence electrons. The van der Waals surface area contributed by atoms with Gasteiger partial charge >= 0.3 is 6.18 Å². The molecule has 3 aromatic rings. The lowest BCUT2D eigenvalue weighted by atomic mass is 10.2. The van der Waals surface area contributed by atoms with E-state index in [0.29, 0.717) is 30.1 Å². The van der Waals surface area contributed by atoms with Crippen LogP contribution in [-0.2, 0) is 27.5 Å². The van der Waals surface area contributed by atoms with Gasteiger partial charge in [-0.3, -0.25) is 4.79 Å². The van der Waals surface area contributed by atoms with Crippen molar-refractivity contribution in [2.75, 3.05) is 0 Å². The van der Waals surface area contributed by atoms with Gasteiger partial charge in [0.05, 0.1) is 22.8 Å². The molecule has 0 radical (unpaired) electrons. The maximum Gasteiger partial charge on any atom is 0.451 e. The molecule has 1 amide bonds. The van der Waals surface area contributed by atoms with E-state index in [4.69, 9.17) is 0 Å². The molecule has 5 rings (SSSR count). The number of sulfonamides is 1. The van der Waals surface area contributed by atoms with Crippen molar-refractivity contribution in [2.45, 2.75) is 68.2 Å². The predicted octanol–water partition coefficient (Wildman–Crippen LogP) is 3.83. The van der Waals surface area contributed by atoms with Gasteiger partial charge < -0.3 is 5.32 Å². The van der Waals surface area contributed by atoms with E-state index in [0.717, 1.165) is 53.8 Å². The highest BCUT2D eigenvalue weighted by atomic mass is 32.2. The maximum atomic E-state index is 13.3. The van der Waals surface area contributed by atoms with E-state index in [1.54, 1.807) is 6.92 Å². The Hall–Kier alpha value is -3.52. The summed E-state index contributed by atoms with van der Waals surface area (Å²) in [6.45, 7) is 1.66. The monoisotopic (exact) mass is 564 g/mol. The van der Waals surface area contributed by atoms with Crippen LogP contribution in [0.2, 0.25) is 0 Å². The number of amides is 1. The summed E-state index contributed by atoms with van der Waals surface area (Å²) in [5, 5.41) is 2.74. The molecule has 1 aromatic carbocycles. The molecule has 14 heteroatoms. The lowest BCUT2D eigenvalue weighted by molar-refractivity contribution is -0.145. The Bertz CT molecular complexity index is 1480. The first-order chi connectivity index (χ1) is 18.4. The Kier molecular flexibility index (Phi) is 7.10. The molecule has 2 aliphatic rings. The minimum absolute atomic E-state index is 0.0507. The molecular formula is C25H24F4N6O3S. The number of rotatable bonds is 7. The summed E-state index contributed by atoms with van der Waals surface area (Å²) in [6, 6.07) is 4.55. The van der Waals surface area contributed by atoms with Crippen molar-refractivity contribution in [1.82, 2.24) is 29.6 Å². The molecule has 2 fully saturated rings. The van der Waals surface area contributed by atoms with Crippen LogP contribution in [0.5, 0.6) is 0 Å². The molecule has 2 aromatic heterocycles. The van der Waals surface area contributed by atoms with Crippen LogP contribution in [0.15, 0.2) is 47.6 Å². The van der Waals surface area contributed by atoms with Gasteiger partial charge in [-0.15, -0.1) is 0 Å². The summed E-state index contributed by atoms with van der Waals surface area (Å²) < 4.78 is 79.6. The van der Waals surface area contributed by atoms with E-state index in [2.05, 4.69) is 25.3 Å². The highest BCUT2D eigenvalue weighted by Gasteiger charge is 2.43. The van der Waals surface area contributed by atoms with Crippen molar-refractivity contribution >= 4 is 15.9 Å². The fourth-order valence-corrected chi connectivity index (χ4v) is 6.36. The van der Waals surface area contributed by atoms with E-state index in [1.165, 1.54) is 6.07 Å². The van der Waals surface area contributed by atoms with Gasteiger partial charge in [0.25, 0.3) is 0 Å². The fraction of sp³-hybridized carbons (Fsp3) is 0.400. The zero-order valence-electron chi connectivity index (χ0n) is 20.7. The first-order valence-electron chi connectivity index (χ1n) is 12.3. The van der Waals surface area contributed by atoms with Crippen molar-refractivity contribution in [3.8, 4) is 11.3 Å². The molecule has 1 N–H and O–H groups in total. The van der Waals surface area contributed by atoms with E-state index in [1.807, 2.05) is 0 Å². The first-order valence-corrected chi connectivity index (χ1v) is 13.7. The number of hydrogen-bond acceptors (Lipinski definition) is 7. The SMILES string of the molecule is CC1CCC(C(=O)NCc2cc(-c3cnc(C(F)(F)F)nc3)nc(C3CC3)n2)N1S(=O)(=O)c1ccc(F)cc1. The second-order valence-electron chi connectivity index (χ2n) is 9.62. The highest BCUT2D eigenvalue weighted by molar-refractivity contribution is 7.89. The number of aromatic nitrogens is 4. The van der Waals surface area contributed by atoms with Crippen molar-refractivity contribution in [1.29, 1.82) is 0 Å². The van der Waals surface area contributed by atoms with E-state index >= 15 is 0 Å². The highest BCUT2D eigenvalue weighted by Crippen LogP contribution is 2.39. The Morgan fingerprint density at radius 1 is 1.05 bits per heavy atom. The van der Waals surface area contributed by atoms with Gasteiger partial charge in [-0.05, 0) is 62.9 Å². The number of nitrogens with one attached hydrogen (secondary N) is 1. The molecule has 9 nitrogen and oxygen atoms in total. The Morgan fingerprint density at radius 2 is 1.72 bits per heavy atom. The van der Waals surface area contributed by atoms with E-state index in [9.17, 15) is 30.8 Å².